The van der Waals surface area contributed by atoms with Crippen molar-refractivity contribution in [3.05, 3.63) is 59.2 Å². The summed E-state index contributed by atoms with van der Waals surface area (Å²) in [7, 11) is 0. The number of benzene rings is 2. The number of carbonyl (C=O) groups is 1. The van der Waals surface area contributed by atoms with Crippen molar-refractivity contribution in [2.75, 3.05) is 5.32 Å². The van der Waals surface area contributed by atoms with Gasteiger partial charge in [-0.3, -0.25) is 4.79 Å². The molecule has 0 bridgehead atoms. The van der Waals surface area contributed by atoms with Crippen molar-refractivity contribution in [2.45, 2.75) is 40.2 Å². The predicted octanol–water partition coefficient (Wildman–Crippen LogP) is 4.73. The summed E-state index contributed by atoms with van der Waals surface area (Å²) in [5, 5.41) is 2.96. The van der Waals surface area contributed by atoms with E-state index in [4.69, 9.17) is 4.74 Å². The van der Waals surface area contributed by atoms with Gasteiger partial charge < -0.3 is 10.1 Å². The molecule has 1 N–H and O–H groups in total. The number of aryl methyl sites for hydroxylation is 2. The molecular weight excluding hydrogens is 274 g/mol. The third kappa shape index (κ3) is 4.10. The first-order valence-electron chi connectivity index (χ1n) is 7.65. The summed E-state index contributed by atoms with van der Waals surface area (Å²) < 4.78 is 5.72. The highest BCUT2D eigenvalue weighted by Crippen LogP contribution is 2.19. The molecule has 3 heteroatoms. The summed E-state index contributed by atoms with van der Waals surface area (Å²) >= 11 is 0. The molecule has 0 radical (unpaired) electrons. The van der Waals surface area contributed by atoms with E-state index in [0.717, 1.165) is 29.0 Å². The lowest BCUT2D eigenvalue weighted by molar-refractivity contribution is 0.102. The topological polar surface area (TPSA) is 38.3 Å². The zero-order valence-corrected chi connectivity index (χ0v) is 13.6. The average Bonchev–Trinajstić information content (AvgIpc) is 2.51. The number of ether oxygens (including phenoxy) is 1. The summed E-state index contributed by atoms with van der Waals surface area (Å²) in [6.45, 7) is 8.10. The highest BCUT2D eigenvalue weighted by atomic mass is 16.5. The lowest BCUT2D eigenvalue weighted by atomic mass is 10.1. The van der Waals surface area contributed by atoms with Crippen molar-refractivity contribution in [1.82, 2.24) is 0 Å². The minimum Gasteiger partial charge on any atom is -0.491 e. The van der Waals surface area contributed by atoms with Crippen LogP contribution >= 0.6 is 0 Å². The fraction of sp³-hybridized carbons (Fsp3) is 0.316. The van der Waals surface area contributed by atoms with Gasteiger partial charge in [0.2, 0.25) is 0 Å². The Morgan fingerprint density at radius 1 is 1.14 bits per heavy atom. The molecule has 1 atom stereocenters. The number of anilines is 1. The molecule has 1 amide bonds. The molecule has 0 aliphatic rings. The standard InChI is InChI=1S/C19H23NO2/c1-5-15(4)22-17-10-8-16(9-11-17)19(21)20-18-12-13(2)6-7-14(18)3/h6-12,15H,5H2,1-4H3,(H,20,21). The van der Waals surface area contributed by atoms with E-state index in [2.05, 4.69) is 12.2 Å². The lowest BCUT2D eigenvalue weighted by Crippen LogP contribution is -2.13. The predicted molar refractivity (Wildman–Crippen MR) is 90.7 cm³/mol. The molecule has 2 aromatic rings. The van der Waals surface area contributed by atoms with Crippen molar-refractivity contribution < 1.29 is 9.53 Å². The Bertz CT molecular complexity index is 647. The molecule has 0 aliphatic heterocycles. The summed E-state index contributed by atoms with van der Waals surface area (Å²) in [6, 6.07) is 13.3. The number of carbonyl (C=O) groups excluding carboxylic acids is 1. The van der Waals surface area contributed by atoms with Gasteiger partial charge in [-0.05, 0) is 68.7 Å². The van der Waals surface area contributed by atoms with Gasteiger partial charge >= 0.3 is 0 Å². The van der Waals surface area contributed by atoms with Crippen molar-refractivity contribution in [1.29, 1.82) is 0 Å². The van der Waals surface area contributed by atoms with E-state index in [-0.39, 0.29) is 12.0 Å². The third-order valence-electron chi connectivity index (χ3n) is 3.67. The van der Waals surface area contributed by atoms with E-state index in [1.807, 2.05) is 51.1 Å². The molecule has 0 aliphatic carbocycles. The fourth-order valence-electron chi connectivity index (χ4n) is 2.07. The van der Waals surface area contributed by atoms with Gasteiger partial charge in [-0.25, -0.2) is 0 Å². The van der Waals surface area contributed by atoms with Gasteiger partial charge in [0.25, 0.3) is 5.91 Å². The quantitative estimate of drug-likeness (QED) is 0.866. The third-order valence-corrected chi connectivity index (χ3v) is 3.67. The minimum absolute atomic E-state index is 0.108. The normalized spacial score (nSPS) is 11.8. The number of rotatable bonds is 5. The van der Waals surface area contributed by atoms with Crippen LogP contribution in [-0.4, -0.2) is 12.0 Å². The van der Waals surface area contributed by atoms with Gasteiger partial charge in [-0.2, -0.15) is 0 Å². The van der Waals surface area contributed by atoms with Crippen LogP contribution in [0.4, 0.5) is 5.69 Å². The lowest BCUT2D eigenvalue weighted by Gasteiger charge is -2.13. The Morgan fingerprint density at radius 2 is 1.82 bits per heavy atom. The maximum Gasteiger partial charge on any atom is 0.255 e. The Kier molecular flexibility index (Phi) is 5.21. The van der Waals surface area contributed by atoms with E-state index < -0.39 is 0 Å². The zero-order chi connectivity index (χ0) is 16.1. The molecule has 116 valence electrons. The SMILES string of the molecule is CCC(C)Oc1ccc(C(=O)Nc2cc(C)ccc2C)cc1. The van der Waals surface area contributed by atoms with Crippen LogP contribution in [0.2, 0.25) is 0 Å². The summed E-state index contributed by atoms with van der Waals surface area (Å²) in [4.78, 5) is 12.3. The Morgan fingerprint density at radius 3 is 2.45 bits per heavy atom. The Balaban J connectivity index is 2.08. The molecule has 2 aromatic carbocycles. The molecule has 0 heterocycles. The van der Waals surface area contributed by atoms with Crippen LogP contribution in [0.25, 0.3) is 0 Å². The molecule has 0 aromatic heterocycles. The minimum atomic E-state index is -0.108. The number of hydrogen-bond acceptors (Lipinski definition) is 2. The molecule has 1 unspecified atom stereocenters. The van der Waals surface area contributed by atoms with E-state index in [9.17, 15) is 4.79 Å². The van der Waals surface area contributed by atoms with Crippen molar-refractivity contribution >= 4 is 11.6 Å². The van der Waals surface area contributed by atoms with Gasteiger partial charge in [0, 0.05) is 11.3 Å². The van der Waals surface area contributed by atoms with E-state index in [1.54, 1.807) is 12.1 Å². The summed E-state index contributed by atoms with van der Waals surface area (Å²) in [5.41, 5.74) is 3.65. The first-order chi connectivity index (χ1) is 10.5. The second kappa shape index (κ2) is 7.12. The maximum atomic E-state index is 12.3. The van der Waals surface area contributed by atoms with Gasteiger partial charge in [0.05, 0.1) is 6.10 Å². The first kappa shape index (κ1) is 16.1. The smallest absolute Gasteiger partial charge is 0.255 e. The molecule has 0 spiro atoms. The fourth-order valence-corrected chi connectivity index (χ4v) is 2.07. The molecule has 0 fully saturated rings. The van der Waals surface area contributed by atoms with Crippen LogP contribution in [-0.2, 0) is 0 Å². The van der Waals surface area contributed by atoms with Crippen LogP contribution in [0.3, 0.4) is 0 Å². The van der Waals surface area contributed by atoms with Gasteiger partial charge in [0.1, 0.15) is 5.75 Å². The van der Waals surface area contributed by atoms with E-state index in [0.29, 0.717) is 5.56 Å². The zero-order valence-electron chi connectivity index (χ0n) is 13.6. The molecule has 2 rings (SSSR count). The van der Waals surface area contributed by atoms with E-state index >= 15 is 0 Å². The van der Waals surface area contributed by atoms with Crippen molar-refractivity contribution in [3.8, 4) is 5.75 Å². The van der Waals surface area contributed by atoms with Crippen molar-refractivity contribution in [2.24, 2.45) is 0 Å². The molecule has 3 nitrogen and oxygen atoms in total. The number of amides is 1. The summed E-state index contributed by atoms with van der Waals surface area (Å²) in [5.74, 6) is 0.682. The molecule has 22 heavy (non-hydrogen) atoms. The van der Waals surface area contributed by atoms with Crippen molar-refractivity contribution in [3.63, 3.8) is 0 Å². The van der Waals surface area contributed by atoms with Crippen LogP contribution in [0.1, 0.15) is 41.8 Å². The first-order valence-corrected chi connectivity index (χ1v) is 7.65. The number of hydrogen-bond donors (Lipinski definition) is 1. The molecular formula is C19H23NO2. The largest absolute Gasteiger partial charge is 0.491 e. The maximum absolute atomic E-state index is 12.3. The summed E-state index contributed by atoms with van der Waals surface area (Å²) in [6.07, 6.45) is 1.13. The molecule has 0 saturated carbocycles. The molecule has 0 saturated heterocycles. The highest BCUT2D eigenvalue weighted by molar-refractivity contribution is 6.04. The van der Waals surface area contributed by atoms with Gasteiger partial charge in [-0.15, -0.1) is 0 Å². The average molecular weight is 297 g/mol. The number of nitrogens with one attached hydrogen (secondary N) is 1. The van der Waals surface area contributed by atoms with Crippen LogP contribution < -0.4 is 10.1 Å². The van der Waals surface area contributed by atoms with Gasteiger partial charge in [-0.1, -0.05) is 19.1 Å². The second-order valence-corrected chi connectivity index (χ2v) is 5.63. The Hall–Kier alpha value is -2.29. The monoisotopic (exact) mass is 297 g/mol. The van der Waals surface area contributed by atoms with Gasteiger partial charge in [0.15, 0.2) is 0 Å². The van der Waals surface area contributed by atoms with Crippen LogP contribution in [0.5, 0.6) is 5.75 Å². The van der Waals surface area contributed by atoms with Crippen LogP contribution in [0, 0.1) is 13.8 Å². The van der Waals surface area contributed by atoms with E-state index in [1.165, 1.54) is 0 Å². The Labute approximate surface area is 132 Å². The second-order valence-electron chi connectivity index (χ2n) is 5.63. The van der Waals surface area contributed by atoms with Crippen LogP contribution in [0.15, 0.2) is 42.5 Å². The highest BCUT2D eigenvalue weighted by Gasteiger charge is 2.09.